The van der Waals surface area contributed by atoms with Gasteiger partial charge in [-0.15, -0.1) is 12.4 Å². The van der Waals surface area contributed by atoms with E-state index in [2.05, 4.69) is 43.4 Å². The highest BCUT2D eigenvalue weighted by molar-refractivity contribution is 5.85. The van der Waals surface area contributed by atoms with E-state index in [0.29, 0.717) is 6.04 Å². The molecule has 0 saturated heterocycles. The van der Waals surface area contributed by atoms with Crippen LogP contribution in [0.3, 0.4) is 0 Å². The van der Waals surface area contributed by atoms with E-state index in [9.17, 15) is 0 Å². The quantitative estimate of drug-likeness (QED) is 0.879. The van der Waals surface area contributed by atoms with E-state index in [4.69, 9.17) is 4.74 Å². The van der Waals surface area contributed by atoms with E-state index < -0.39 is 0 Å². The molecule has 0 radical (unpaired) electrons. The van der Waals surface area contributed by atoms with Crippen LogP contribution in [0.2, 0.25) is 0 Å². The van der Waals surface area contributed by atoms with Crippen LogP contribution in [0.25, 0.3) is 0 Å². The lowest BCUT2D eigenvalue weighted by Crippen LogP contribution is -2.31. The van der Waals surface area contributed by atoms with Crippen LogP contribution in [0.5, 0.6) is 0 Å². The molecule has 1 N–H and O–H groups in total. The van der Waals surface area contributed by atoms with Crippen LogP contribution in [0, 0.1) is 0 Å². The standard InChI is InChI=1S/C13H19NO.ClH/c1-10(2)14-9-13-12-6-4-3-5-11(12)7-8-15-13;/h3-6,10,13-14H,7-9H2,1-2H3;1H. The van der Waals surface area contributed by atoms with Crippen molar-refractivity contribution in [3.63, 3.8) is 0 Å². The maximum atomic E-state index is 5.79. The maximum Gasteiger partial charge on any atom is 0.0952 e. The van der Waals surface area contributed by atoms with Gasteiger partial charge >= 0.3 is 0 Å². The van der Waals surface area contributed by atoms with Crippen molar-refractivity contribution in [2.45, 2.75) is 32.4 Å². The van der Waals surface area contributed by atoms with Crippen LogP contribution in [-0.4, -0.2) is 19.2 Å². The van der Waals surface area contributed by atoms with Gasteiger partial charge in [0.05, 0.1) is 12.7 Å². The van der Waals surface area contributed by atoms with Crippen molar-refractivity contribution in [1.82, 2.24) is 5.32 Å². The lowest BCUT2D eigenvalue weighted by atomic mass is 9.97. The number of ether oxygens (including phenoxy) is 1. The van der Waals surface area contributed by atoms with Crippen LogP contribution >= 0.6 is 12.4 Å². The van der Waals surface area contributed by atoms with Gasteiger partial charge < -0.3 is 10.1 Å². The number of hydrogen-bond acceptors (Lipinski definition) is 2. The van der Waals surface area contributed by atoms with Gasteiger partial charge in [0, 0.05) is 12.6 Å². The second kappa shape index (κ2) is 6.24. The minimum atomic E-state index is 0. The summed E-state index contributed by atoms with van der Waals surface area (Å²) in [7, 11) is 0. The zero-order chi connectivity index (χ0) is 10.7. The Morgan fingerprint density at radius 2 is 2.12 bits per heavy atom. The predicted octanol–water partition coefficient (Wildman–Crippen LogP) is 2.72. The van der Waals surface area contributed by atoms with Crippen LogP contribution in [0.4, 0.5) is 0 Å². The molecule has 16 heavy (non-hydrogen) atoms. The van der Waals surface area contributed by atoms with Crippen LogP contribution in [0.15, 0.2) is 24.3 Å². The van der Waals surface area contributed by atoms with Gasteiger partial charge in [-0.05, 0) is 17.5 Å². The first-order chi connectivity index (χ1) is 7.27. The minimum absolute atomic E-state index is 0. The first kappa shape index (κ1) is 13.5. The summed E-state index contributed by atoms with van der Waals surface area (Å²) in [6, 6.07) is 9.11. The van der Waals surface area contributed by atoms with Crippen molar-refractivity contribution in [2.75, 3.05) is 13.2 Å². The van der Waals surface area contributed by atoms with Gasteiger partial charge in [0.15, 0.2) is 0 Å². The molecular weight excluding hydrogens is 222 g/mol. The molecule has 1 aliphatic rings. The monoisotopic (exact) mass is 241 g/mol. The molecule has 0 aromatic heterocycles. The summed E-state index contributed by atoms with van der Waals surface area (Å²) in [6.45, 7) is 6.08. The Balaban J connectivity index is 0.00000128. The second-order valence-electron chi connectivity index (χ2n) is 4.37. The molecule has 0 fully saturated rings. The van der Waals surface area contributed by atoms with Gasteiger partial charge in [0.2, 0.25) is 0 Å². The largest absolute Gasteiger partial charge is 0.372 e. The Kier molecular flexibility index (Phi) is 5.26. The second-order valence-corrected chi connectivity index (χ2v) is 4.37. The molecule has 1 heterocycles. The van der Waals surface area contributed by atoms with Crippen molar-refractivity contribution in [3.05, 3.63) is 35.4 Å². The summed E-state index contributed by atoms with van der Waals surface area (Å²) in [4.78, 5) is 0. The molecule has 1 aromatic carbocycles. The molecule has 0 aliphatic carbocycles. The molecule has 2 nitrogen and oxygen atoms in total. The van der Waals surface area contributed by atoms with Crippen molar-refractivity contribution >= 4 is 12.4 Å². The molecule has 0 spiro atoms. The Hall–Kier alpha value is -0.570. The van der Waals surface area contributed by atoms with Crippen molar-refractivity contribution in [3.8, 4) is 0 Å². The lowest BCUT2D eigenvalue weighted by Gasteiger charge is -2.27. The highest BCUT2D eigenvalue weighted by atomic mass is 35.5. The first-order valence-corrected chi connectivity index (χ1v) is 5.70. The summed E-state index contributed by atoms with van der Waals surface area (Å²) in [6.07, 6.45) is 1.28. The van der Waals surface area contributed by atoms with E-state index in [0.717, 1.165) is 19.6 Å². The fraction of sp³-hybridized carbons (Fsp3) is 0.538. The Labute approximate surface area is 104 Å². The van der Waals surface area contributed by atoms with E-state index in [1.165, 1.54) is 11.1 Å². The average Bonchev–Trinajstić information content (AvgIpc) is 2.26. The molecule has 0 saturated carbocycles. The van der Waals surface area contributed by atoms with Gasteiger partial charge in [-0.1, -0.05) is 38.1 Å². The SMILES string of the molecule is CC(C)NCC1OCCc2ccccc21.Cl. The van der Waals surface area contributed by atoms with Gasteiger partial charge in [-0.25, -0.2) is 0 Å². The molecule has 0 amide bonds. The third kappa shape index (κ3) is 3.21. The number of rotatable bonds is 3. The Morgan fingerprint density at radius 1 is 1.38 bits per heavy atom. The molecular formula is C13H20ClNO. The van der Waals surface area contributed by atoms with Crippen molar-refractivity contribution < 1.29 is 4.74 Å². The minimum Gasteiger partial charge on any atom is -0.372 e. The van der Waals surface area contributed by atoms with Crippen molar-refractivity contribution in [2.24, 2.45) is 0 Å². The zero-order valence-corrected chi connectivity index (χ0v) is 10.7. The summed E-state index contributed by atoms with van der Waals surface area (Å²) < 4.78 is 5.79. The van der Waals surface area contributed by atoms with Gasteiger partial charge in [-0.3, -0.25) is 0 Å². The summed E-state index contributed by atoms with van der Waals surface area (Å²) in [5, 5.41) is 3.43. The van der Waals surface area contributed by atoms with Crippen LogP contribution < -0.4 is 5.32 Å². The van der Waals surface area contributed by atoms with Gasteiger partial charge in [-0.2, -0.15) is 0 Å². The predicted molar refractivity (Wildman–Crippen MR) is 69.2 cm³/mol. The highest BCUT2D eigenvalue weighted by Crippen LogP contribution is 2.26. The molecule has 1 aromatic rings. The number of fused-ring (bicyclic) bond motifs is 1. The molecule has 1 aliphatic heterocycles. The summed E-state index contributed by atoms with van der Waals surface area (Å²) >= 11 is 0. The fourth-order valence-corrected chi connectivity index (χ4v) is 1.99. The molecule has 0 bridgehead atoms. The molecule has 1 atom stereocenters. The Morgan fingerprint density at radius 3 is 2.88 bits per heavy atom. The van der Waals surface area contributed by atoms with Gasteiger partial charge in [0.1, 0.15) is 0 Å². The van der Waals surface area contributed by atoms with Crippen LogP contribution in [0.1, 0.15) is 31.1 Å². The van der Waals surface area contributed by atoms with E-state index in [-0.39, 0.29) is 18.5 Å². The third-order valence-electron chi connectivity index (χ3n) is 2.80. The normalized spacial score (nSPS) is 19.1. The number of halogens is 1. The molecule has 2 rings (SSSR count). The number of benzene rings is 1. The smallest absolute Gasteiger partial charge is 0.0952 e. The Bertz CT molecular complexity index is 327. The maximum absolute atomic E-state index is 5.79. The summed E-state index contributed by atoms with van der Waals surface area (Å²) in [5.41, 5.74) is 2.80. The molecule has 90 valence electrons. The average molecular weight is 242 g/mol. The molecule has 3 heteroatoms. The number of nitrogens with one attached hydrogen (secondary N) is 1. The van der Waals surface area contributed by atoms with E-state index >= 15 is 0 Å². The van der Waals surface area contributed by atoms with E-state index in [1.54, 1.807) is 0 Å². The topological polar surface area (TPSA) is 21.3 Å². The highest BCUT2D eigenvalue weighted by Gasteiger charge is 2.19. The van der Waals surface area contributed by atoms with Crippen molar-refractivity contribution in [1.29, 1.82) is 0 Å². The first-order valence-electron chi connectivity index (χ1n) is 5.70. The third-order valence-corrected chi connectivity index (χ3v) is 2.80. The zero-order valence-electron chi connectivity index (χ0n) is 9.90. The van der Waals surface area contributed by atoms with E-state index in [1.807, 2.05) is 0 Å². The summed E-state index contributed by atoms with van der Waals surface area (Å²) in [5.74, 6) is 0. The number of hydrogen-bond donors (Lipinski definition) is 1. The fourth-order valence-electron chi connectivity index (χ4n) is 1.99. The lowest BCUT2D eigenvalue weighted by molar-refractivity contribution is 0.0413. The van der Waals surface area contributed by atoms with Gasteiger partial charge in [0.25, 0.3) is 0 Å². The molecule has 1 unspecified atom stereocenters. The van der Waals surface area contributed by atoms with Crippen LogP contribution in [-0.2, 0) is 11.2 Å².